The first kappa shape index (κ1) is 12.8. The van der Waals surface area contributed by atoms with E-state index in [-0.39, 0.29) is 18.4 Å². The number of fused-ring (bicyclic) bond motifs is 2. The SMILES string of the molecule is CS(=O)(=O)NCCNC(=O)C1CC2CCC1N2. The lowest BCUT2D eigenvalue weighted by molar-refractivity contribution is -0.125. The van der Waals surface area contributed by atoms with Gasteiger partial charge < -0.3 is 10.6 Å². The first-order valence-corrected chi connectivity index (χ1v) is 7.83. The van der Waals surface area contributed by atoms with Crippen molar-refractivity contribution in [1.29, 1.82) is 0 Å². The van der Waals surface area contributed by atoms with Gasteiger partial charge in [-0.05, 0) is 19.3 Å². The average Bonchev–Trinajstić information content (AvgIpc) is 2.84. The number of hydrogen-bond acceptors (Lipinski definition) is 4. The lowest BCUT2D eigenvalue weighted by Gasteiger charge is -2.19. The van der Waals surface area contributed by atoms with Gasteiger partial charge in [0, 0.05) is 25.2 Å². The molecule has 2 bridgehead atoms. The van der Waals surface area contributed by atoms with Gasteiger partial charge in [0.1, 0.15) is 0 Å². The van der Waals surface area contributed by atoms with E-state index >= 15 is 0 Å². The topological polar surface area (TPSA) is 87.3 Å². The Balaban J connectivity index is 1.68. The van der Waals surface area contributed by atoms with Crippen molar-refractivity contribution in [3.8, 4) is 0 Å². The van der Waals surface area contributed by atoms with Gasteiger partial charge in [-0.1, -0.05) is 0 Å². The fourth-order valence-electron chi connectivity index (χ4n) is 2.67. The van der Waals surface area contributed by atoms with Crippen LogP contribution in [0.2, 0.25) is 0 Å². The van der Waals surface area contributed by atoms with Gasteiger partial charge in [-0.15, -0.1) is 0 Å². The molecule has 2 aliphatic heterocycles. The molecule has 0 radical (unpaired) electrons. The maximum absolute atomic E-state index is 11.8. The minimum atomic E-state index is -3.16. The third-order valence-corrected chi connectivity index (χ3v) is 4.15. The summed E-state index contributed by atoms with van der Waals surface area (Å²) in [5, 5.41) is 6.18. The zero-order valence-electron chi connectivity index (χ0n) is 9.90. The summed E-state index contributed by atoms with van der Waals surface area (Å²) in [6.07, 6.45) is 4.26. The summed E-state index contributed by atoms with van der Waals surface area (Å²) in [6.45, 7) is 0.596. The van der Waals surface area contributed by atoms with Gasteiger partial charge in [0.25, 0.3) is 0 Å². The minimum absolute atomic E-state index is 0.0417. The molecule has 0 aliphatic carbocycles. The Labute approximate surface area is 102 Å². The van der Waals surface area contributed by atoms with E-state index in [4.69, 9.17) is 0 Å². The predicted molar refractivity (Wildman–Crippen MR) is 63.9 cm³/mol. The molecule has 3 N–H and O–H groups in total. The van der Waals surface area contributed by atoms with Crippen LogP contribution in [0.1, 0.15) is 19.3 Å². The summed E-state index contributed by atoms with van der Waals surface area (Å²) in [5.41, 5.74) is 0. The molecule has 7 heteroatoms. The number of rotatable bonds is 5. The third kappa shape index (κ3) is 3.40. The first-order chi connectivity index (χ1) is 7.96. The second-order valence-electron chi connectivity index (χ2n) is 4.85. The monoisotopic (exact) mass is 261 g/mol. The van der Waals surface area contributed by atoms with Gasteiger partial charge in [-0.3, -0.25) is 4.79 Å². The molecule has 0 aromatic heterocycles. The van der Waals surface area contributed by atoms with E-state index < -0.39 is 10.0 Å². The summed E-state index contributed by atoms with van der Waals surface area (Å²) in [7, 11) is -3.16. The molecule has 0 spiro atoms. The van der Waals surface area contributed by atoms with Gasteiger partial charge >= 0.3 is 0 Å². The molecule has 2 saturated heterocycles. The first-order valence-electron chi connectivity index (χ1n) is 5.94. The van der Waals surface area contributed by atoms with Crippen LogP contribution in [0.15, 0.2) is 0 Å². The molecule has 1 amide bonds. The standard InChI is InChI=1S/C10H19N3O3S/c1-17(15,16)12-5-4-11-10(14)8-6-7-2-3-9(8)13-7/h7-9,12-13H,2-6H2,1H3,(H,11,14). The Hall–Kier alpha value is -0.660. The molecule has 17 heavy (non-hydrogen) atoms. The lowest BCUT2D eigenvalue weighted by atomic mass is 9.88. The third-order valence-electron chi connectivity index (χ3n) is 3.43. The van der Waals surface area contributed by atoms with E-state index in [0.29, 0.717) is 18.6 Å². The second kappa shape index (κ2) is 4.91. The van der Waals surface area contributed by atoms with Gasteiger partial charge in [-0.2, -0.15) is 0 Å². The van der Waals surface area contributed by atoms with Crippen LogP contribution >= 0.6 is 0 Å². The molecule has 0 aromatic rings. The van der Waals surface area contributed by atoms with Crippen molar-refractivity contribution in [1.82, 2.24) is 15.4 Å². The highest BCUT2D eigenvalue weighted by Crippen LogP contribution is 2.33. The quantitative estimate of drug-likeness (QED) is 0.542. The summed E-state index contributed by atoms with van der Waals surface area (Å²) < 4.78 is 23.9. The molecule has 3 unspecified atom stereocenters. The second-order valence-corrected chi connectivity index (χ2v) is 6.68. The van der Waals surface area contributed by atoms with E-state index in [1.54, 1.807) is 0 Å². The molecule has 2 aliphatic rings. The van der Waals surface area contributed by atoms with Gasteiger partial charge in [-0.25, -0.2) is 13.1 Å². The van der Waals surface area contributed by atoms with Crippen LogP contribution in [-0.4, -0.2) is 45.8 Å². The number of nitrogens with one attached hydrogen (secondary N) is 3. The van der Waals surface area contributed by atoms with Crippen LogP contribution in [0.3, 0.4) is 0 Å². The van der Waals surface area contributed by atoms with Crippen molar-refractivity contribution in [3.63, 3.8) is 0 Å². The number of sulfonamides is 1. The molecule has 0 aromatic carbocycles. The Bertz CT molecular complexity index is 396. The van der Waals surface area contributed by atoms with Crippen LogP contribution in [0.4, 0.5) is 0 Å². The zero-order valence-corrected chi connectivity index (χ0v) is 10.7. The highest BCUT2D eigenvalue weighted by atomic mass is 32.2. The Morgan fingerprint density at radius 1 is 1.35 bits per heavy atom. The molecular weight excluding hydrogens is 242 g/mol. The van der Waals surface area contributed by atoms with Crippen LogP contribution < -0.4 is 15.4 Å². The highest BCUT2D eigenvalue weighted by molar-refractivity contribution is 7.88. The molecule has 0 saturated carbocycles. The van der Waals surface area contributed by atoms with E-state index in [2.05, 4.69) is 15.4 Å². The molecule has 6 nitrogen and oxygen atoms in total. The van der Waals surface area contributed by atoms with E-state index in [1.807, 2.05) is 0 Å². The smallest absolute Gasteiger partial charge is 0.224 e. The summed E-state index contributed by atoms with van der Waals surface area (Å²) in [4.78, 5) is 11.8. The summed E-state index contributed by atoms with van der Waals surface area (Å²) in [6, 6.07) is 0.827. The van der Waals surface area contributed by atoms with Crippen LogP contribution in [0, 0.1) is 5.92 Å². The molecule has 98 valence electrons. The molecule has 3 atom stereocenters. The number of hydrogen-bond donors (Lipinski definition) is 3. The van der Waals surface area contributed by atoms with Crippen molar-refractivity contribution in [2.75, 3.05) is 19.3 Å². The maximum Gasteiger partial charge on any atom is 0.224 e. The Morgan fingerprint density at radius 2 is 2.12 bits per heavy atom. The van der Waals surface area contributed by atoms with Crippen molar-refractivity contribution in [2.24, 2.45) is 5.92 Å². The fourth-order valence-corrected chi connectivity index (χ4v) is 3.14. The number of carbonyl (C=O) groups excluding carboxylic acids is 1. The number of carbonyl (C=O) groups is 1. The number of amides is 1. The highest BCUT2D eigenvalue weighted by Gasteiger charge is 2.42. The van der Waals surface area contributed by atoms with Gasteiger partial charge in [0.2, 0.25) is 15.9 Å². The van der Waals surface area contributed by atoms with Crippen LogP contribution in [0.25, 0.3) is 0 Å². The summed E-state index contributed by atoms with van der Waals surface area (Å²) >= 11 is 0. The maximum atomic E-state index is 11.8. The van der Waals surface area contributed by atoms with Crippen molar-refractivity contribution < 1.29 is 13.2 Å². The van der Waals surface area contributed by atoms with E-state index in [0.717, 1.165) is 19.1 Å². The normalized spacial score (nSPS) is 31.7. The average molecular weight is 261 g/mol. The lowest BCUT2D eigenvalue weighted by Crippen LogP contribution is -2.40. The zero-order chi connectivity index (χ0) is 12.5. The van der Waals surface area contributed by atoms with Crippen molar-refractivity contribution >= 4 is 15.9 Å². The van der Waals surface area contributed by atoms with E-state index in [1.165, 1.54) is 6.42 Å². The fraction of sp³-hybridized carbons (Fsp3) is 0.900. The van der Waals surface area contributed by atoms with E-state index in [9.17, 15) is 13.2 Å². The summed E-state index contributed by atoms with van der Waals surface area (Å²) in [5.74, 6) is 0.104. The molecule has 2 heterocycles. The minimum Gasteiger partial charge on any atom is -0.354 e. The van der Waals surface area contributed by atoms with Gasteiger partial charge in [0.05, 0.1) is 12.2 Å². The largest absolute Gasteiger partial charge is 0.354 e. The molecular formula is C10H19N3O3S. The van der Waals surface area contributed by atoms with Crippen LogP contribution in [0.5, 0.6) is 0 Å². The van der Waals surface area contributed by atoms with Crippen LogP contribution in [-0.2, 0) is 14.8 Å². The van der Waals surface area contributed by atoms with Crippen molar-refractivity contribution in [2.45, 2.75) is 31.3 Å². The Morgan fingerprint density at radius 3 is 2.65 bits per heavy atom. The molecule has 2 fully saturated rings. The predicted octanol–water partition coefficient (Wildman–Crippen LogP) is -1.21. The molecule has 2 rings (SSSR count). The van der Waals surface area contributed by atoms with Crippen molar-refractivity contribution in [3.05, 3.63) is 0 Å². The van der Waals surface area contributed by atoms with Gasteiger partial charge in [0.15, 0.2) is 0 Å². The Kier molecular flexibility index (Phi) is 3.70.